The quantitative estimate of drug-likeness (QED) is 0.359. The van der Waals surface area contributed by atoms with Gasteiger partial charge in [-0.15, -0.1) is 0 Å². The van der Waals surface area contributed by atoms with E-state index in [4.69, 9.17) is 5.11 Å². The number of aliphatic carboxylic acids is 1. The van der Waals surface area contributed by atoms with Gasteiger partial charge in [-0.25, -0.2) is 0 Å². The molecule has 1 aliphatic rings. The number of carboxylic acid groups (broad SMARTS) is 1. The largest absolute Gasteiger partial charge is 0.481 e. The van der Waals surface area contributed by atoms with Gasteiger partial charge >= 0.3 is 5.97 Å². The second-order valence-corrected chi connectivity index (χ2v) is 8.21. The Hall–Kier alpha value is -1.42. The molecule has 1 rings (SSSR count). The molecule has 0 saturated heterocycles. The van der Waals surface area contributed by atoms with Crippen LogP contribution in [0.25, 0.3) is 0 Å². The number of aliphatic hydroxyl groups is 1. The normalized spacial score (nSPS) is 21.6. The topological polar surface area (TPSA) is 74.6 Å². The Morgan fingerprint density at radius 3 is 2.58 bits per heavy atom. The lowest BCUT2D eigenvalue weighted by Gasteiger charge is -2.29. The highest BCUT2D eigenvalue weighted by molar-refractivity contribution is 5.94. The van der Waals surface area contributed by atoms with Crippen molar-refractivity contribution in [1.82, 2.24) is 0 Å². The number of carboxylic acids is 1. The summed E-state index contributed by atoms with van der Waals surface area (Å²) >= 11 is 0. The molecule has 0 heterocycles. The van der Waals surface area contributed by atoms with Crippen molar-refractivity contribution in [2.24, 2.45) is 17.3 Å². The van der Waals surface area contributed by atoms with Crippen molar-refractivity contribution in [3.05, 3.63) is 24.3 Å². The van der Waals surface area contributed by atoms with E-state index in [2.05, 4.69) is 20.8 Å². The minimum absolute atomic E-state index is 0.0309. The maximum atomic E-state index is 12.1. The van der Waals surface area contributed by atoms with Crippen LogP contribution in [0.2, 0.25) is 0 Å². The monoisotopic (exact) mass is 364 g/mol. The number of aliphatic hydroxyl groups excluding tert-OH is 1. The van der Waals surface area contributed by atoms with Crippen LogP contribution in [-0.4, -0.2) is 28.1 Å². The summed E-state index contributed by atoms with van der Waals surface area (Å²) in [6.45, 7) is 6.32. The molecule has 0 aromatic rings. The number of hydrogen-bond acceptors (Lipinski definition) is 3. The Balaban J connectivity index is 2.45. The van der Waals surface area contributed by atoms with Crippen LogP contribution in [0.1, 0.15) is 78.6 Å². The van der Waals surface area contributed by atoms with Crippen molar-refractivity contribution in [1.29, 1.82) is 0 Å². The van der Waals surface area contributed by atoms with Gasteiger partial charge in [0, 0.05) is 18.3 Å². The van der Waals surface area contributed by atoms with Crippen molar-refractivity contribution in [2.45, 2.75) is 84.7 Å². The zero-order chi connectivity index (χ0) is 19.6. The molecule has 0 saturated carbocycles. The zero-order valence-electron chi connectivity index (χ0n) is 16.6. The average molecular weight is 365 g/mol. The summed E-state index contributed by atoms with van der Waals surface area (Å²) in [5, 5.41) is 19.1. The third kappa shape index (κ3) is 7.86. The van der Waals surface area contributed by atoms with E-state index in [-0.39, 0.29) is 29.5 Å². The molecule has 148 valence electrons. The molecule has 1 unspecified atom stereocenters. The van der Waals surface area contributed by atoms with Crippen molar-refractivity contribution in [3.8, 4) is 0 Å². The van der Waals surface area contributed by atoms with E-state index in [0.717, 1.165) is 44.9 Å². The third-order valence-electron chi connectivity index (χ3n) is 5.46. The summed E-state index contributed by atoms with van der Waals surface area (Å²) < 4.78 is 0. The van der Waals surface area contributed by atoms with Gasteiger partial charge in [0.25, 0.3) is 0 Å². The van der Waals surface area contributed by atoms with Gasteiger partial charge in [0.15, 0.2) is 5.78 Å². The fourth-order valence-electron chi connectivity index (χ4n) is 3.45. The second-order valence-electron chi connectivity index (χ2n) is 8.21. The van der Waals surface area contributed by atoms with Gasteiger partial charge in [-0.3, -0.25) is 9.59 Å². The SMILES string of the molecule is CCCCC(C)(C)[C@H](O)/C=C/C1C=CC(=O)[C@@H]1CCCCCCC(=O)O. The van der Waals surface area contributed by atoms with Crippen LogP contribution in [0.4, 0.5) is 0 Å². The first kappa shape index (κ1) is 22.6. The molecule has 4 nitrogen and oxygen atoms in total. The smallest absolute Gasteiger partial charge is 0.303 e. The summed E-state index contributed by atoms with van der Waals surface area (Å²) in [4.78, 5) is 22.6. The summed E-state index contributed by atoms with van der Waals surface area (Å²) in [6.07, 6.45) is 14.7. The van der Waals surface area contributed by atoms with Gasteiger partial charge < -0.3 is 10.2 Å². The van der Waals surface area contributed by atoms with Crippen LogP contribution in [0.3, 0.4) is 0 Å². The van der Waals surface area contributed by atoms with E-state index in [1.807, 2.05) is 18.2 Å². The molecule has 0 radical (unpaired) electrons. The molecular weight excluding hydrogens is 328 g/mol. The molecule has 2 N–H and O–H groups in total. The highest BCUT2D eigenvalue weighted by Crippen LogP contribution is 2.32. The van der Waals surface area contributed by atoms with Crippen molar-refractivity contribution in [3.63, 3.8) is 0 Å². The maximum Gasteiger partial charge on any atom is 0.303 e. The number of ketones is 1. The van der Waals surface area contributed by atoms with Crippen molar-refractivity contribution < 1.29 is 19.8 Å². The van der Waals surface area contributed by atoms with Crippen LogP contribution in [-0.2, 0) is 9.59 Å². The standard InChI is InChI=1S/C22H36O4/c1-4-5-16-22(2,3)20(24)15-13-17-12-14-19(23)18(17)10-8-6-7-9-11-21(25)26/h12-15,17-18,20,24H,4-11,16H2,1-3H3,(H,25,26)/b15-13+/t17?,18-,20-/m1/s1. The molecule has 0 bridgehead atoms. The lowest BCUT2D eigenvalue weighted by Crippen LogP contribution is -2.27. The molecule has 0 aliphatic heterocycles. The molecule has 3 atom stereocenters. The molecule has 0 aromatic carbocycles. The Kier molecular flexibility index (Phi) is 9.85. The molecule has 0 spiro atoms. The number of carbonyl (C=O) groups excluding carboxylic acids is 1. The summed E-state index contributed by atoms with van der Waals surface area (Å²) in [7, 11) is 0. The second kappa shape index (κ2) is 11.3. The van der Waals surface area contributed by atoms with Crippen molar-refractivity contribution >= 4 is 11.8 Å². The van der Waals surface area contributed by atoms with Crippen molar-refractivity contribution in [2.75, 3.05) is 0 Å². The minimum Gasteiger partial charge on any atom is -0.481 e. The predicted molar refractivity (Wildman–Crippen MR) is 105 cm³/mol. The van der Waals surface area contributed by atoms with Crippen LogP contribution < -0.4 is 0 Å². The summed E-state index contributed by atoms with van der Waals surface area (Å²) in [5.74, 6) is -0.537. The Labute approximate surface area is 158 Å². The van der Waals surface area contributed by atoms with Crippen LogP contribution in [0.15, 0.2) is 24.3 Å². The molecule has 1 aliphatic carbocycles. The third-order valence-corrected chi connectivity index (χ3v) is 5.46. The van der Waals surface area contributed by atoms with Gasteiger partial charge in [-0.1, -0.05) is 71.1 Å². The molecule has 0 fully saturated rings. The van der Waals surface area contributed by atoms with E-state index in [1.54, 1.807) is 6.08 Å². The highest BCUT2D eigenvalue weighted by atomic mass is 16.4. The molecule has 26 heavy (non-hydrogen) atoms. The van der Waals surface area contributed by atoms with Gasteiger partial charge in [0.2, 0.25) is 0 Å². The Morgan fingerprint density at radius 1 is 1.23 bits per heavy atom. The maximum absolute atomic E-state index is 12.1. The zero-order valence-corrected chi connectivity index (χ0v) is 16.6. The molecule has 0 aromatic heterocycles. The van der Waals surface area contributed by atoms with Crippen LogP contribution in [0.5, 0.6) is 0 Å². The predicted octanol–water partition coefficient (Wildman–Crippen LogP) is 4.92. The fourth-order valence-corrected chi connectivity index (χ4v) is 3.45. The minimum atomic E-state index is -0.745. The van der Waals surface area contributed by atoms with Gasteiger partial charge in [0.05, 0.1) is 6.10 Å². The lowest BCUT2D eigenvalue weighted by molar-refractivity contribution is -0.137. The van der Waals surface area contributed by atoms with Gasteiger partial charge in [-0.2, -0.15) is 0 Å². The van der Waals surface area contributed by atoms with Crippen LogP contribution >= 0.6 is 0 Å². The highest BCUT2D eigenvalue weighted by Gasteiger charge is 2.29. The van der Waals surface area contributed by atoms with Crippen LogP contribution in [0, 0.1) is 17.3 Å². The first-order valence-electron chi connectivity index (χ1n) is 10.1. The molecular formula is C22H36O4. The van der Waals surface area contributed by atoms with E-state index in [9.17, 15) is 14.7 Å². The first-order valence-corrected chi connectivity index (χ1v) is 10.1. The Bertz CT molecular complexity index is 504. The number of unbranched alkanes of at least 4 members (excludes halogenated alkanes) is 4. The van der Waals surface area contributed by atoms with Gasteiger partial charge in [-0.05, 0) is 30.8 Å². The molecule has 4 heteroatoms. The number of carbonyl (C=O) groups is 2. The summed E-state index contributed by atoms with van der Waals surface area (Å²) in [5.41, 5.74) is -0.154. The lowest BCUT2D eigenvalue weighted by atomic mass is 9.80. The first-order chi connectivity index (χ1) is 12.3. The van der Waals surface area contributed by atoms with E-state index >= 15 is 0 Å². The number of allylic oxidation sites excluding steroid dienone is 3. The van der Waals surface area contributed by atoms with E-state index in [1.165, 1.54) is 0 Å². The van der Waals surface area contributed by atoms with E-state index < -0.39 is 12.1 Å². The average Bonchev–Trinajstić information content (AvgIpc) is 2.93. The summed E-state index contributed by atoms with van der Waals surface area (Å²) in [6, 6.07) is 0. The van der Waals surface area contributed by atoms with Gasteiger partial charge in [0.1, 0.15) is 0 Å². The Morgan fingerprint density at radius 2 is 1.92 bits per heavy atom. The van der Waals surface area contributed by atoms with E-state index in [0.29, 0.717) is 6.42 Å². The molecule has 0 amide bonds. The fraction of sp³-hybridized carbons (Fsp3) is 0.727. The number of rotatable bonds is 13. The number of hydrogen-bond donors (Lipinski definition) is 2.